The van der Waals surface area contributed by atoms with Crippen molar-refractivity contribution in [1.82, 2.24) is 14.7 Å². The second kappa shape index (κ2) is 7.83. The first-order valence-corrected chi connectivity index (χ1v) is 9.89. The highest BCUT2D eigenvalue weighted by molar-refractivity contribution is 5.70. The van der Waals surface area contributed by atoms with Crippen LogP contribution in [0.2, 0.25) is 0 Å². The number of anilines is 2. The van der Waals surface area contributed by atoms with Crippen LogP contribution in [-0.2, 0) is 22.4 Å². The van der Waals surface area contributed by atoms with E-state index in [0.29, 0.717) is 19.1 Å². The summed E-state index contributed by atoms with van der Waals surface area (Å²) in [5.74, 6) is 0.917. The Bertz CT molecular complexity index is 857. The maximum absolute atomic E-state index is 12.1. The number of hydrogen-bond donors (Lipinski definition) is 0. The molecule has 2 aromatic rings. The standard InChI is InChI=1S/C21H28N4O3/c1-15-5-4-6-17(13-15)23(2)20-18-14-24(21(26)27-3)10-7-19(18)25(22-20)16-8-11-28-12-9-16/h4-6,13,16H,7-12,14H2,1-3H3. The maximum Gasteiger partial charge on any atom is 0.409 e. The van der Waals surface area contributed by atoms with E-state index in [4.69, 9.17) is 14.6 Å². The number of hydrogen-bond acceptors (Lipinski definition) is 5. The molecule has 2 aliphatic heterocycles. The van der Waals surface area contributed by atoms with Gasteiger partial charge in [0.2, 0.25) is 0 Å². The highest BCUT2D eigenvalue weighted by atomic mass is 16.5. The van der Waals surface area contributed by atoms with Crippen molar-refractivity contribution in [3.05, 3.63) is 41.1 Å². The minimum atomic E-state index is -0.284. The monoisotopic (exact) mass is 384 g/mol. The lowest BCUT2D eigenvalue weighted by atomic mass is 10.0. The molecule has 0 radical (unpaired) electrons. The predicted octanol–water partition coefficient (Wildman–Crippen LogP) is 3.44. The first-order valence-electron chi connectivity index (χ1n) is 9.89. The van der Waals surface area contributed by atoms with Crippen molar-refractivity contribution < 1.29 is 14.3 Å². The number of fused-ring (bicyclic) bond motifs is 1. The van der Waals surface area contributed by atoms with Gasteiger partial charge in [0.1, 0.15) is 0 Å². The zero-order chi connectivity index (χ0) is 19.7. The normalized spacial score (nSPS) is 17.3. The highest BCUT2D eigenvalue weighted by Crippen LogP contribution is 2.35. The van der Waals surface area contributed by atoms with Gasteiger partial charge in [0.25, 0.3) is 0 Å². The highest BCUT2D eigenvalue weighted by Gasteiger charge is 2.32. The molecule has 1 saturated heterocycles. The van der Waals surface area contributed by atoms with Gasteiger partial charge < -0.3 is 19.3 Å². The van der Waals surface area contributed by atoms with Crippen LogP contribution < -0.4 is 4.90 Å². The summed E-state index contributed by atoms with van der Waals surface area (Å²) in [5.41, 5.74) is 4.65. The van der Waals surface area contributed by atoms with E-state index in [9.17, 15) is 4.79 Å². The average Bonchev–Trinajstić information content (AvgIpc) is 3.12. The van der Waals surface area contributed by atoms with Crippen LogP contribution in [0.25, 0.3) is 0 Å². The second-order valence-electron chi connectivity index (χ2n) is 7.58. The molecule has 0 saturated carbocycles. The molecule has 1 fully saturated rings. The van der Waals surface area contributed by atoms with Crippen molar-refractivity contribution in [3.63, 3.8) is 0 Å². The van der Waals surface area contributed by atoms with Crippen molar-refractivity contribution in [2.24, 2.45) is 0 Å². The number of methoxy groups -OCH3 is 1. The molecule has 28 heavy (non-hydrogen) atoms. The molecule has 7 nitrogen and oxygen atoms in total. The molecule has 2 aliphatic rings. The van der Waals surface area contributed by atoms with Crippen molar-refractivity contribution in [3.8, 4) is 0 Å². The smallest absolute Gasteiger partial charge is 0.409 e. The van der Waals surface area contributed by atoms with Crippen molar-refractivity contribution in [2.75, 3.05) is 38.8 Å². The Morgan fingerprint density at radius 2 is 2.11 bits per heavy atom. The first-order chi connectivity index (χ1) is 13.6. The van der Waals surface area contributed by atoms with Crippen LogP contribution in [0.5, 0.6) is 0 Å². The van der Waals surface area contributed by atoms with Crippen LogP contribution in [0.15, 0.2) is 24.3 Å². The summed E-state index contributed by atoms with van der Waals surface area (Å²) < 4.78 is 12.7. The van der Waals surface area contributed by atoms with E-state index in [-0.39, 0.29) is 6.09 Å². The quantitative estimate of drug-likeness (QED) is 0.811. The first kappa shape index (κ1) is 18.8. The minimum absolute atomic E-state index is 0.284. The number of nitrogens with zero attached hydrogens (tertiary/aromatic N) is 4. The summed E-state index contributed by atoms with van der Waals surface area (Å²) >= 11 is 0. The molecule has 1 amide bonds. The van der Waals surface area contributed by atoms with Gasteiger partial charge in [-0.2, -0.15) is 5.10 Å². The molecule has 0 unspecified atom stereocenters. The number of aryl methyl sites for hydroxylation is 1. The Hall–Kier alpha value is -2.54. The Morgan fingerprint density at radius 1 is 1.32 bits per heavy atom. The van der Waals surface area contributed by atoms with Gasteiger partial charge in [-0.1, -0.05) is 12.1 Å². The Labute approximate surface area is 165 Å². The lowest BCUT2D eigenvalue weighted by molar-refractivity contribution is 0.0649. The van der Waals surface area contributed by atoms with Gasteiger partial charge >= 0.3 is 6.09 Å². The van der Waals surface area contributed by atoms with E-state index in [1.807, 2.05) is 7.05 Å². The van der Waals surface area contributed by atoms with Gasteiger partial charge in [-0.15, -0.1) is 0 Å². The molecule has 0 atom stereocenters. The van der Waals surface area contributed by atoms with Gasteiger partial charge in [0.05, 0.1) is 19.7 Å². The summed E-state index contributed by atoms with van der Waals surface area (Å²) in [6.07, 6.45) is 2.45. The molecular formula is C21H28N4O3. The van der Waals surface area contributed by atoms with Crippen LogP contribution in [0.1, 0.15) is 35.7 Å². The van der Waals surface area contributed by atoms with Crippen molar-refractivity contribution in [1.29, 1.82) is 0 Å². The molecule has 3 heterocycles. The van der Waals surface area contributed by atoms with Gasteiger partial charge in [-0.25, -0.2) is 4.79 Å². The van der Waals surface area contributed by atoms with E-state index >= 15 is 0 Å². The van der Waals surface area contributed by atoms with Gasteiger partial charge in [0.15, 0.2) is 5.82 Å². The number of carbonyl (C=O) groups is 1. The van der Waals surface area contributed by atoms with E-state index in [2.05, 4.69) is 40.8 Å². The lowest BCUT2D eigenvalue weighted by Gasteiger charge is -2.29. The minimum Gasteiger partial charge on any atom is -0.453 e. The van der Waals surface area contributed by atoms with Crippen LogP contribution in [-0.4, -0.2) is 54.7 Å². The molecule has 0 spiro atoms. The second-order valence-corrected chi connectivity index (χ2v) is 7.58. The molecule has 0 N–H and O–H groups in total. The zero-order valence-electron chi connectivity index (χ0n) is 16.9. The fourth-order valence-corrected chi connectivity index (χ4v) is 4.17. The van der Waals surface area contributed by atoms with Crippen molar-refractivity contribution >= 4 is 17.6 Å². The third-order valence-corrected chi connectivity index (χ3v) is 5.74. The Morgan fingerprint density at radius 3 is 2.82 bits per heavy atom. The lowest BCUT2D eigenvalue weighted by Crippen LogP contribution is -2.37. The third-order valence-electron chi connectivity index (χ3n) is 5.74. The molecule has 0 aliphatic carbocycles. The number of aromatic nitrogens is 2. The van der Waals surface area contributed by atoms with Crippen LogP contribution in [0.3, 0.4) is 0 Å². The van der Waals surface area contributed by atoms with E-state index < -0.39 is 0 Å². The van der Waals surface area contributed by atoms with E-state index in [1.165, 1.54) is 18.4 Å². The fourth-order valence-electron chi connectivity index (χ4n) is 4.17. The van der Waals surface area contributed by atoms with Crippen LogP contribution in [0, 0.1) is 6.92 Å². The summed E-state index contributed by atoms with van der Waals surface area (Å²) in [5, 5.41) is 5.05. The number of benzene rings is 1. The number of amides is 1. The van der Waals surface area contributed by atoms with Crippen LogP contribution >= 0.6 is 0 Å². The van der Waals surface area contributed by atoms with Crippen LogP contribution in [0.4, 0.5) is 16.3 Å². The molecular weight excluding hydrogens is 356 g/mol. The summed E-state index contributed by atoms with van der Waals surface area (Å²) in [4.78, 5) is 16.0. The molecule has 4 rings (SSSR count). The van der Waals surface area contributed by atoms with Crippen molar-refractivity contribution in [2.45, 2.75) is 38.8 Å². The summed E-state index contributed by atoms with van der Waals surface area (Å²) in [6.45, 7) is 4.82. The predicted molar refractivity (Wildman–Crippen MR) is 107 cm³/mol. The van der Waals surface area contributed by atoms with Gasteiger partial charge in [-0.05, 0) is 37.5 Å². The van der Waals surface area contributed by atoms with Gasteiger partial charge in [-0.3, -0.25) is 4.68 Å². The molecule has 1 aromatic carbocycles. The van der Waals surface area contributed by atoms with E-state index in [1.54, 1.807) is 4.90 Å². The molecule has 150 valence electrons. The number of carbonyl (C=O) groups excluding carboxylic acids is 1. The number of ether oxygens (including phenoxy) is 2. The molecule has 0 bridgehead atoms. The third kappa shape index (κ3) is 3.46. The van der Waals surface area contributed by atoms with E-state index in [0.717, 1.165) is 49.5 Å². The zero-order valence-corrected chi connectivity index (χ0v) is 16.9. The maximum atomic E-state index is 12.1. The average molecular weight is 384 g/mol. The molecule has 7 heteroatoms. The SMILES string of the molecule is COC(=O)N1CCc2c(c(N(C)c3cccc(C)c3)nn2C2CCOCC2)C1. The topological polar surface area (TPSA) is 59.8 Å². The summed E-state index contributed by atoms with van der Waals surface area (Å²) in [6, 6.07) is 8.75. The molecule has 1 aromatic heterocycles. The summed E-state index contributed by atoms with van der Waals surface area (Å²) in [7, 11) is 3.48. The largest absolute Gasteiger partial charge is 0.453 e. The Balaban J connectivity index is 1.74. The number of rotatable bonds is 3. The fraction of sp³-hybridized carbons (Fsp3) is 0.524. The van der Waals surface area contributed by atoms with Gasteiger partial charge in [0, 0.05) is 50.2 Å². The Kier molecular flexibility index (Phi) is 5.26.